The van der Waals surface area contributed by atoms with Crippen LogP contribution in [0.2, 0.25) is 0 Å². The van der Waals surface area contributed by atoms with Crippen LogP contribution in [0.1, 0.15) is 28.7 Å². The van der Waals surface area contributed by atoms with Crippen molar-refractivity contribution in [1.82, 2.24) is 15.0 Å². The van der Waals surface area contributed by atoms with E-state index in [9.17, 15) is 9.59 Å². The topological polar surface area (TPSA) is 88.9 Å². The zero-order valence-electron chi connectivity index (χ0n) is 15.1. The van der Waals surface area contributed by atoms with E-state index in [0.29, 0.717) is 17.1 Å². The molecule has 27 heavy (non-hydrogen) atoms. The molecule has 2 aromatic carbocycles. The van der Waals surface area contributed by atoms with Gasteiger partial charge in [0.05, 0.1) is 22.8 Å². The van der Waals surface area contributed by atoms with Gasteiger partial charge in [0.25, 0.3) is 5.91 Å². The van der Waals surface area contributed by atoms with Crippen molar-refractivity contribution in [2.24, 2.45) is 0 Å². The van der Waals surface area contributed by atoms with Crippen LogP contribution < -0.4 is 10.6 Å². The Balaban J connectivity index is 1.90. The summed E-state index contributed by atoms with van der Waals surface area (Å²) in [5.41, 5.74) is 3.60. The molecular weight excluding hydrogens is 410 g/mol. The predicted octanol–water partition coefficient (Wildman–Crippen LogP) is 3.86. The smallest absolute Gasteiger partial charge is 0.278 e. The monoisotopic (exact) mass is 427 g/mol. The van der Waals surface area contributed by atoms with Gasteiger partial charge in [0, 0.05) is 11.4 Å². The fraction of sp³-hybridized carbons (Fsp3) is 0.158. The Labute approximate surface area is 164 Å². The average molecular weight is 428 g/mol. The second-order valence-electron chi connectivity index (χ2n) is 6.10. The number of rotatable bonds is 4. The molecule has 0 bridgehead atoms. The zero-order valence-corrected chi connectivity index (χ0v) is 16.7. The standard InChI is InChI=1S/C19H18BrN5O2/c1-11-7-8-16(21-13(3)26)17(9-11)22-19(27)18-12(2)25(24-23-18)15-6-4-5-14(20)10-15/h4-10H,1-3H3,(H,21,26)(H,22,27). The summed E-state index contributed by atoms with van der Waals surface area (Å²) in [6.07, 6.45) is 0. The maximum atomic E-state index is 12.7. The molecule has 1 aromatic heterocycles. The Morgan fingerprint density at radius 2 is 1.81 bits per heavy atom. The summed E-state index contributed by atoms with van der Waals surface area (Å²) in [5.74, 6) is -0.614. The van der Waals surface area contributed by atoms with Crippen molar-refractivity contribution < 1.29 is 9.59 Å². The number of aromatic nitrogens is 3. The number of anilines is 2. The minimum Gasteiger partial charge on any atom is -0.325 e. The number of hydrogen-bond acceptors (Lipinski definition) is 4. The SMILES string of the molecule is CC(=O)Nc1ccc(C)cc1NC(=O)c1nnn(-c2cccc(Br)c2)c1C. The number of nitrogens with one attached hydrogen (secondary N) is 2. The van der Waals surface area contributed by atoms with Crippen LogP contribution in [-0.2, 0) is 4.79 Å². The fourth-order valence-corrected chi connectivity index (χ4v) is 3.02. The van der Waals surface area contributed by atoms with E-state index in [4.69, 9.17) is 0 Å². The van der Waals surface area contributed by atoms with Crippen LogP contribution >= 0.6 is 15.9 Å². The maximum absolute atomic E-state index is 12.7. The summed E-state index contributed by atoms with van der Waals surface area (Å²) in [7, 11) is 0. The molecule has 0 aliphatic rings. The van der Waals surface area contributed by atoms with E-state index in [2.05, 4.69) is 36.9 Å². The lowest BCUT2D eigenvalue weighted by Gasteiger charge is -2.12. The van der Waals surface area contributed by atoms with Crippen molar-refractivity contribution in [1.29, 1.82) is 0 Å². The van der Waals surface area contributed by atoms with E-state index >= 15 is 0 Å². The molecule has 3 aromatic rings. The molecule has 0 unspecified atom stereocenters. The van der Waals surface area contributed by atoms with Crippen molar-refractivity contribution in [2.75, 3.05) is 10.6 Å². The molecule has 7 nitrogen and oxygen atoms in total. The van der Waals surface area contributed by atoms with E-state index in [1.807, 2.05) is 37.3 Å². The molecule has 0 aliphatic carbocycles. The molecule has 0 aliphatic heterocycles. The van der Waals surface area contributed by atoms with Crippen molar-refractivity contribution in [2.45, 2.75) is 20.8 Å². The molecule has 8 heteroatoms. The molecule has 0 saturated heterocycles. The highest BCUT2D eigenvalue weighted by molar-refractivity contribution is 9.10. The van der Waals surface area contributed by atoms with Crippen LogP contribution in [0.5, 0.6) is 0 Å². The van der Waals surface area contributed by atoms with E-state index in [1.165, 1.54) is 6.92 Å². The van der Waals surface area contributed by atoms with Crippen LogP contribution in [0.4, 0.5) is 11.4 Å². The van der Waals surface area contributed by atoms with Gasteiger partial charge in [-0.3, -0.25) is 9.59 Å². The summed E-state index contributed by atoms with van der Waals surface area (Å²) >= 11 is 3.42. The molecule has 2 amide bonds. The van der Waals surface area contributed by atoms with Crippen LogP contribution in [0, 0.1) is 13.8 Å². The molecule has 3 rings (SSSR count). The number of hydrogen-bond donors (Lipinski definition) is 2. The quantitative estimate of drug-likeness (QED) is 0.661. The van der Waals surface area contributed by atoms with Gasteiger partial charge in [-0.25, -0.2) is 4.68 Å². The molecule has 0 saturated carbocycles. The van der Waals surface area contributed by atoms with Crippen LogP contribution in [0.25, 0.3) is 5.69 Å². The number of carbonyl (C=O) groups is 2. The summed E-state index contributed by atoms with van der Waals surface area (Å²) in [5, 5.41) is 13.6. The first-order chi connectivity index (χ1) is 12.8. The molecule has 0 spiro atoms. The second-order valence-corrected chi connectivity index (χ2v) is 7.02. The van der Waals surface area contributed by atoms with E-state index < -0.39 is 5.91 Å². The third-order valence-corrected chi connectivity index (χ3v) is 4.39. The highest BCUT2D eigenvalue weighted by Gasteiger charge is 2.19. The third kappa shape index (κ3) is 4.22. The Morgan fingerprint density at radius 1 is 1.04 bits per heavy atom. The molecule has 0 radical (unpaired) electrons. The van der Waals surface area contributed by atoms with Gasteiger partial charge in [-0.05, 0) is 49.7 Å². The molecule has 138 valence electrons. The Kier molecular flexibility index (Phi) is 5.36. The number of nitrogens with zero attached hydrogens (tertiary/aromatic N) is 3. The zero-order chi connectivity index (χ0) is 19.6. The Bertz CT molecular complexity index is 1030. The lowest BCUT2D eigenvalue weighted by molar-refractivity contribution is -0.114. The van der Waals surface area contributed by atoms with Gasteiger partial charge in [0.15, 0.2) is 5.69 Å². The molecular formula is C19H18BrN5O2. The molecule has 0 fully saturated rings. The van der Waals surface area contributed by atoms with Gasteiger partial charge in [-0.1, -0.05) is 33.3 Å². The van der Waals surface area contributed by atoms with E-state index in [1.54, 1.807) is 23.7 Å². The molecule has 0 atom stereocenters. The van der Waals surface area contributed by atoms with Crippen molar-refractivity contribution in [3.05, 3.63) is 63.9 Å². The molecule has 1 heterocycles. The lowest BCUT2D eigenvalue weighted by Crippen LogP contribution is -2.17. The first kappa shape index (κ1) is 18.8. The van der Waals surface area contributed by atoms with Gasteiger partial charge in [0.2, 0.25) is 5.91 Å². The van der Waals surface area contributed by atoms with E-state index in [0.717, 1.165) is 15.7 Å². The van der Waals surface area contributed by atoms with Crippen LogP contribution in [0.3, 0.4) is 0 Å². The number of halogens is 1. The highest BCUT2D eigenvalue weighted by Crippen LogP contribution is 2.24. The highest BCUT2D eigenvalue weighted by atomic mass is 79.9. The predicted molar refractivity (Wildman–Crippen MR) is 107 cm³/mol. The lowest BCUT2D eigenvalue weighted by atomic mass is 10.2. The maximum Gasteiger partial charge on any atom is 0.278 e. The molecule has 2 N–H and O–H groups in total. The van der Waals surface area contributed by atoms with Gasteiger partial charge in [0.1, 0.15) is 0 Å². The van der Waals surface area contributed by atoms with Crippen LogP contribution in [0.15, 0.2) is 46.9 Å². The van der Waals surface area contributed by atoms with Gasteiger partial charge in [-0.15, -0.1) is 5.10 Å². The van der Waals surface area contributed by atoms with Crippen LogP contribution in [-0.4, -0.2) is 26.8 Å². The first-order valence-electron chi connectivity index (χ1n) is 8.23. The summed E-state index contributed by atoms with van der Waals surface area (Å²) in [4.78, 5) is 24.1. The summed E-state index contributed by atoms with van der Waals surface area (Å²) < 4.78 is 2.51. The first-order valence-corrected chi connectivity index (χ1v) is 9.02. The summed E-state index contributed by atoms with van der Waals surface area (Å²) in [6, 6.07) is 12.9. The minimum atomic E-state index is -0.397. The van der Waals surface area contributed by atoms with Gasteiger partial charge < -0.3 is 10.6 Å². The fourth-order valence-electron chi connectivity index (χ4n) is 2.63. The average Bonchev–Trinajstić information content (AvgIpc) is 2.98. The Hall–Kier alpha value is -3.00. The van der Waals surface area contributed by atoms with Crippen molar-refractivity contribution >= 4 is 39.1 Å². The van der Waals surface area contributed by atoms with Crippen molar-refractivity contribution in [3.8, 4) is 5.69 Å². The van der Waals surface area contributed by atoms with E-state index in [-0.39, 0.29) is 11.6 Å². The minimum absolute atomic E-state index is 0.213. The normalized spacial score (nSPS) is 10.5. The number of carbonyl (C=O) groups excluding carboxylic acids is 2. The number of amides is 2. The summed E-state index contributed by atoms with van der Waals surface area (Å²) in [6.45, 7) is 5.10. The largest absolute Gasteiger partial charge is 0.325 e. The Morgan fingerprint density at radius 3 is 2.52 bits per heavy atom. The van der Waals surface area contributed by atoms with Gasteiger partial charge in [-0.2, -0.15) is 0 Å². The van der Waals surface area contributed by atoms with Crippen molar-refractivity contribution in [3.63, 3.8) is 0 Å². The van der Waals surface area contributed by atoms with Gasteiger partial charge >= 0.3 is 0 Å². The number of aryl methyl sites for hydroxylation is 1. The third-order valence-electron chi connectivity index (χ3n) is 3.90. The number of benzene rings is 2. The second kappa shape index (κ2) is 7.71.